The number of halogens is 3. The maximum atomic E-state index is 14.4. The fourth-order valence-corrected chi connectivity index (χ4v) is 6.61. The zero-order chi connectivity index (χ0) is 29.3. The first-order chi connectivity index (χ1) is 19.6. The van der Waals surface area contributed by atoms with E-state index in [1.54, 1.807) is 17.0 Å². The highest BCUT2D eigenvalue weighted by Gasteiger charge is 2.56. The summed E-state index contributed by atoms with van der Waals surface area (Å²) in [6, 6.07) is 10.3. The number of amides is 3. The molecule has 2 heterocycles. The van der Waals surface area contributed by atoms with Gasteiger partial charge in [0.25, 0.3) is 5.91 Å². The number of rotatable bonds is 8. The first kappa shape index (κ1) is 28.3. The smallest absolute Gasteiger partial charge is 0.251 e. The molecule has 2 aromatic carbocycles. The van der Waals surface area contributed by atoms with Gasteiger partial charge in [-0.15, -0.1) is 0 Å². The molecule has 1 aromatic heterocycles. The Hall–Kier alpha value is -4.21. The van der Waals surface area contributed by atoms with Crippen LogP contribution in [0.4, 0.5) is 13.2 Å². The van der Waals surface area contributed by atoms with Gasteiger partial charge < -0.3 is 16.4 Å². The van der Waals surface area contributed by atoms with Gasteiger partial charge in [-0.25, -0.2) is 13.2 Å². The highest BCUT2D eigenvalue weighted by molar-refractivity contribution is 5.95. The van der Waals surface area contributed by atoms with Gasteiger partial charge >= 0.3 is 0 Å². The van der Waals surface area contributed by atoms with E-state index in [-0.39, 0.29) is 35.8 Å². The normalized spacial score (nSPS) is 19.8. The van der Waals surface area contributed by atoms with Crippen molar-refractivity contribution in [2.75, 3.05) is 6.54 Å². The minimum atomic E-state index is -1.54. The molecule has 0 bridgehead atoms. The summed E-state index contributed by atoms with van der Waals surface area (Å²) in [5, 5.41) is 0. The Labute approximate surface area is 235 Å². The minimum absolute atomic E-state index is 0.0695. The van der Waals surface area contributed by atoms with Gasteiger partial charge in [0, 0.05) is 36.2 Å². The van der Waals surface area contributed by atoms with Gasteiger partial charge in [0.15, 0.2) is 0 Å². The van der Waals surface area contributed by atoms with Crippen LogP contribution in [0.15, 0.2) is 54.7 Å². The van der Waals surface area contributed by atoms with Gasteiger partial charge in [-0.2, -0.15) is 0 Å². The van der Waals surface area contributed by atoms with E-state index in [1.807, 2.05) is 0 Å². The third-order valence-electron chi connectivity index (χ3n) is 8.47. The number of pyridine rings is 1. The minimum Gasteiger partial charge on any atom is -0.368 e. The quantitative estimate of drug-likeness (QED) is 0.415. The van der Waals surface area contributed by atoms with Crippen LogP contribution in [-0.2, 0) is 16.0 Å². The second kappa shape index (κ2) is 11.3. The molecule has 2 aliphatic rings. The number of nitrogens with two attached hydrogens (primary N) is 2. The van der Waals surface area contributed by atoms with Crippen LogP contribution in [0.5, 0.6) is 0 Å². The van der Waals surface area contributed by atoms with Crippen LogP contribution in [0.3, 0.4) is 0 Å². The van der Waals surface area contributed by atoms with Crippen molar-refractivity contribution in [1.29, 1.82) is 0 Å². The predicted octanol–water partition coefficient (Wildman–Crippen LogP) is 4.63. The van der Waals surface area contributed by atoms with Crippen LogP contribution in [0.1, 0.15) is 66.1 Å². The molecule has 3 aromatic rings. The number of primary amides is 2. The summed E-state index contributed by atoms with van der Waals surface area (Å²) in [6.45, 7) is 0.302. The molecule has 7 nitrogen and oxygen atoms in total. The van der Waals surface area contributed by atoms with Crippen LogP contribution >= 0.6 is 0 Å². The molecular weight excluding hydrogens is 533 g/mol. The Morgan fingerprint density at radius 1 is 0.976 bits per heavy atom. The summed E-state index contributed by atoms with van der Waals surface area (Å²) in [5.74, 6) is -5.40. The fourth-order valence-electron chi connectivity index (χ4n) is 6.61. The topological polar surface area (TPSA) is 119 Å². The lowest BCUT2D eigenvalue weighted by molar-refractivity contribution is -0.148. The van der Waals surface area contributed by atoms with Crippen molar-refractivity contribution in [2.45, 2.75) is 56.4 Å². The summed E-state index contributed by atoms with van der Waals surface area (Å²) in [6.07, 6.45) is 5.42. The summed E-state index contributed by atoms with van der Waals surface area (Å²) in [7, 11) is 0. The molecule has 4 N–H and O–H groups in total. The molecule has 10 heteroatoms. The van der Waals surface area contributed by atoms with Gasteiger partial charge in [-0.05, 0) is 73.6 Å². The largest absolute Gasteiger partial charge is 0.368 e. The van der Waals surface area contributed by atoms with Crippen molar-refractivity contribution < 1.29 is 27.6 Å². The first-order valence-electron chi connectivity index (χ1n) is 13.7. The zero-order valence-corrected chi connectivity index (χ0v) is 22.4. The molecule has 2 atom stereocenters. The molecule has 0 spiro atoms. The standard InChI is InChI=1S/C31H31F3N4O3/c32-21-13-18(14-22(33)17-21)15-25(31(30(36)41)10-4-12-38(31)29(40)19-5-1-2-6-19)27-23(7-3-11-37-27)20-8-9-26(34)24(16-20)28(35)39/h3,7-9,11,13-14,16-17,19,25H,1-2,4-6,10,12,15H2,(H2,35,39)(H2,36,41)/t25-,31?/m1/s1. The fraction of sp³-hybridized carbons (Fsp3) is 0.355. The molecule has 3 amide bonds. The second-order valence-corrected chi connectivity index (χ2v) is 10.9. The SMILES string of the molecule is NC(=O)c1cc(-c2cccnc2[C@@H](Cc2cc(F)cc(F)c2)C2(C(N)=O)CCCN2C(=O)C2CCCC2)ccc1F. The molecule has 1 unspecified atom stereocenters. The molecular formula is C31H31F3N4O3. The number of nitrogens with zero attached hydrogens (tertiary/aromatic N) is 2. The van der Waals surface area contributed by atoms with Crippen LogP contribution < -0.4 is 11.5 Å². The molecule has 1 saturated heterocycles. The van der Waals surface area contributed by atoms with Crippen LogP contribution in [0.25, 0.3) is 11.1 Å². The van der Waals surface area contributed by atoms with E-state index in [2.05, 4.69) is 4.98 Å². The van der Waals surface area contributed by atoms with Gasteiger partial charge in [0.05, 0.1) is 11.3 Å². The lowest BCUT2D eigenvalue weighted by atomic mass is 9.73. The maximum Gasteiger partial charge on any atom is 0.251 e. The van der Waals surface area contributed by atoms with E-state index >= 15 is 0 Å². The number of hydrogen-bond donors (Lipinski definition) is 2. The average molecular weight is 565 g/mol. The highest BCUT2D eigenvalue weighted by Crippen LogP contribution is 2.47. The van der Waals surface area contributed by atoms with Gasteiger partial charge in [0.2, 0.25) is 11.8 Å². The molecule has 0 radical (unpaired) electrons. The van der Waals surface area contributed by atoms with E-state index < -0.39 is 40.7 Å². The molecule has 5 rings (SSSR count). The van der Waals surface area contributed by atoms with Crippen LogP contribution in [-0.4, -0.2) is 39.7 Å². The van der Waals surface area contributed by atoms with Crippen molar-refractivity contribution in [3.8, 4) is 11.1 Å². The van der Waals surface area contributed by atoms with Gasteiger partial charge in [-0.1, -0.05) is 25.0 Å². The summed E-state index contributed by atoms with van der Waals surface area (Å²) in [5.41, 5.74) is 11.1. The van der Waals surface area contributed by atoms with Crippen molar-refractivity contribution in [3.05, 3.63) is 89.0 Å². The van der Waals surface area contributed by atoms with Crippen molar-refractivity contribution in [1.82, 2.24) is 9.88 Å². The highest BCUT2D eigenvalue weighted by atomic mass is 19.1. The molecule has 1 aliphatic heterocycles. The summed E-state index contributed by atoms with van der Waals surface area (Å²) >= 11 is 0. The molecule has 41 heavy (non-hydrogen) atoms. The van der Waals surface area contributed by atoms with E-state index in [0.29, 0.717) is 42.6 Å². The Kier molecular flexibility index (Phi) is 7.84. The molecule has 1 aliphatic carbocycles. The van der Waals surface area contributed by atoms with Gasteiger partial charge in [-0.3, -0.25) is 19.4 Å². The van der Waals surface area contributed by atoms with E-state index in [4.69, 9.17) is 11.5 Å². The van der Waals surface area contributed by atoms with Crippen LogP contribution in [0, 0.1) is 23.4 Å². The summed E-state index contributed by atoms with van der Waals surface area (Å²) in [4.78, 5) is 45.5. The van der Waals surface area contributed by atoms with E-state index in [9.17, 15) is 27.6 Å². The lowest BCUT2D eigenvalue weighted by Gasteiger charge is -2.43. The Morgan fingerprint density at radius 3 is 2.34 bits per heavy atom. The number of benzene rings is 2. The summed E-state index contributed by atoms with van der Waals surface area (Å²) < 4.78 is 43.0. The van der Waals surface area contributed by atoms with E-state index in [1.165, 1.54) is 30.5 Å². The second-order valence-electron chi connectivity index (χ2n) is 10.9. The number of carbonyl (C=O) groups excluding carboxylic acids is 3. The Balaban J connectivity index is 1.71. The Bertz CT molecular complexity index is 1490. The third-order valence-corrected chi connectivity index (χ3v) is 8.47. The lowest BCUT2D eigenvalue weighted by Crippen LogP contribution is -2.61. The number of aromatic nitrogens is 1. The Morgan fingerprint density at radius 2 is 1.68 bits per heavy atom. The third kappa shape index (κ3) is 5.30. The van der Waals surface area contributed by atoms with Crippen molar-refractivity contribution >= 4 is 17.7 Å². The maximum absolute atomic E-state index is 14.4. The number of likely N-dealkylation sites (tertiary alicyclic amines) is 1. The van der Waals surface area contributed by atoms with Gasteiger partial charge in [0.1, 0.15) is 23.0 Å². The number of carbonyl (C=O) groups is 3. The van der Waals surface area contributed by atoms with Crippen molar-refractivity contribution in [3.63, 3.8) is 0 Å². The van der Waals surface area contributed by atoms with E-state index in [0.717, 1.165) is 25.0 Å². The molecule has 214 valence electrons. The number of hydrogen-bond acceptors (Lipinski definition) is 4. The first-order valence-corrected chi connectivity index (χ1v) is 13.7. The van der Waals surface area contributed by atoms with Crippen LogP contribution in [0.2, 0.25) is 0 Å². The van der Waals surface area contributed by atoms with Crippen molar-refractivity contribution in [2.24, 2.45) is 17.4 Å². The zero-order valence-electron chi connectivity index (χ0n) is 22.4. The average Bonchev–Trinajstić information content (AvgIpc) is 3.62. The molecule has 2 fully saturated rings. The predicted molar refractivity (Wildman–Crippen MR) is 146 cm³/mol. The monoisotopic (exact) mass is 564 g/mol. The molecule has 1 saturated carbocycles.